The molecule has 1 fully saturated rings. The summed E-state index contributed by atoms with van der Waals surface area (Å²) in [5.74, 6) is 1.41. The zero-order valence-corrected chi connectivity index (χ0v) is 20.4. The quantitative estimate of drug-likeness (QED) is 0.535. The van der Waals surface area contributed by atoms with Crippen molar-refractivity contribution in [2.75, 3.05) is 25.5 Å². The van der Waals surface area contributed by atoms with E-state index < -0.39 is 0 Å². The summed E-state index contributed by atoms with van der Waals surface area (Å²) >= 11 is 0. The molecular weight excluding hydrogens is 438 g/mol. The van der Waals surface area contributed by atoms with Crippen LogP contribution in [0.25, 0.3) is 17.3 Å². The Balaban J connectivity index is 1.41. The van der Waals surface area contributed by atoms with E-state index in [1.54, 1.807) is 19.5 Å². The van der Waals surface area contributed by atoms with E-state index in [0.717, 1.165) is 29.9 Å². The molecule has 0 spiro atoms. The second-order valence-electron chi connectivity index (χ2n) is 9.33. The molecule has 0 aliphatic carbocycles. The van der Waals surface area contributed by atoms with Gasteiger partial charge in [-0.05, 0) is 87.2 Å². The lowest BCUT2D eigenvalue weighted by atomic mass is 9.89. The monoisotopic (exact) mass is 468 g/mol. The maximum Gasteiger partial charge on any atom is 0.281 e. The SMILES string of the molecule is COc1cncc(-c2cc3c(c(Nc4ccc(C5CCN(C(C)C)CC5)cc4)n2)C(=O)[N]C=C3)c1. The average molecular weight is 469 g/mol. The number of methoxy groups -OCH3 is 1. The van der Waals surface area contributed by atoms with Crippen LogP contribution in [0, 0.1) is 0 Å². The molecule has 35 heavy (non-hydrogen) atoms. The van der Waals surface area contributed by atoms with Gasteiger partial charge in [-0.3, -0.25) is 9.78 Å². The molecule has 5 rings (SSSR count). The Kier molecular flexibility index (Phi) is 6.51. The van der Waals surface area contributed by atoms with E-state index >= 15 is 0 Å². The number of fused-ring (bicyclic) bond motifs is 1. The first-order chi connectivity index (χ1) is 17.0. The van der Waals surface area contributed by atoms with Crippen LogP contribution in [-0.2, 0) is 0 Å². The van der Waals surface area contributed by atoms with Crippen molar-refractivity contribution in [2.24, 2.45) is 0 Å². The van der Waals surface area contributed by atoms with Crippen LogP contribution in [0.15, 0.2) is 55.0 Å². The normalized spacial score (nSPS) is 16.2. The van der Waals surface area contributed by atoms with Gasteiger partial charge in [0.05, 0.1) is 24.6 Å². The van der Waals surface area contributed by atoms with Gasteiger partial charge in [-0.1, -0.05) is 12.1 Å². The molecule has 1 amide bonds. The third kappa shape index (κ3) is 4.91. The van der Waals surface area contributed by atoms with Gasteiger partial charge >= 0.3 is 0 Å². The number of nitrogens with one attached hydrogen (secondary N) is 1. The van der Waals surface area contributed by atoms with Crippen molar-refractivity contribution in [1.29, 1.82) is 0 Å². The molecule has 2 aliphatic heterocycles. The van der Waals surface area contributed by atoms with Crippen LogP contribution in [0.2, 0.25) is 0 Å². The number of anilines is 2. The van der Waals surface area contributed by atoms with Crippen LogP contribution in [0.3, 0.4) is 0 Å². The molecule has 1 N–H and O–H groups in total. The summed E-state index contributed by atoms with van der Waals surface area (Å²) in [6.07, 6.45) is 9.10. The molecule has 179 valence electrons. The predicted molar refractivity (Wildman–Crippen MR) is 138 cm³/mol. The molecular formula is C28H30N5O2. The molecule has 1 saturated heterocycles. The summed E-state index contributed by atoms with van der Waals surface area (Å²) in [4.78, 5) is 24.2. The van der Waals surface area contributed by atoms with Crippen molar-refractivity contribution in [3.63, 3.8) is 0 Å². The number of benzene rings is 1. The fourth-order valence-corrected chi connectivity index (χ4v) is 4.80. The molecule has 3 aromatic rings. The summed E-state index contributed by atoms with van der Waals surface area (Å²) < 4.78 is 5.32. The summed E-state index contributed by atoms with van der Waals surface area (Å²) in [6.45, 7) is 6.81. The maximum atomic E-state index is 12.6. The van der Waals surface area contributed by atoms with Crippen molar-refractivity contribution >= 4 is 23.5 Å². The maximum absolute atomic E-state index is 12.6. The highest BCUT2D eigenvalue weighted by atomic mass is 16.5. The lowest BCUT2D eigenvalue weighted by Gasteiger charge is -2.34. The first-order valence-corrected chi connectivity index (χ1v) is 12.1. The van der Waals surface area contributed by atoms with E-state index in [1.807, 2.05) is 18.2 Å². The second kappa shape index (κ2) is 9.88. The number of pyridine rings is 2. The second-order valence-corrected chi connectivity index (χ2v) is 9.33. The number of hydrogen-bond acceptors (Lipinski definition) is 6. The average Bonchev–Trinajstić information content (AvgIpc) is 2.89. The van der Waals surface area contributed by atoms with Crippen LogP contribution >= 0.6 is 0 Å². The molecule has 2 aromatic heterocycles. The number of ether oxygens (including phenoxy) is 1. The molecule has 1 radical (unpaired) electrons. The number of carbonyl (C=O) groups is 1. The summed E-state index contributed by atoms with van der Waals surface area (Å²) in [5, 5.41) is 7.33. The van der Waals surface area contributed by atoms with E-state index in [2.05, 4.69) is 58.6 Å². The van der Waals surface area contributed by atoms with Gasteiger partial charge in [0.15, 0.2) is 0 Å². The van der Waals surface area contributed by atoms with Crippen LogP contribution < -0.4 is 15.4 Å². The van der Waals surface area contributed by atoms with Crippen molar-refractivity contribution in [3.05, 3.63) is 71.7 Å². The number of rotatable bonds is 6. The molecule has 0 unspecified atom stereocenters. The van der Waals surface area contributed by atoms with Crippen molar-refractivity contribution < 1.29 is 9.53 Å². The molecule has 0 bridgehead atoms. The highest BCUT2D eigenvalue weighted by Gasteiger charge is 2.24. The third-order valence-corrected chi connectivity index (χ3v) is 6.86. The van der Waals surface area contributed by atoms with Crippen LogP contribution in [0.1, 0.15) is 54.1 Å². The molecule has 7 heteroatoms. The zero-order valence-electron chi connectivity index (χ0n) is 20.4. The van der Waals surface area contributed by atoms with Gasteiger partial charge in [-0.15, -0.1) is 0 Å². The Morgan fingerprint density at radius 1 is 1.09 bits per heavy atom. The van der Waals surface area contributed by atoms with E-state index in [-0.39, 0.29) is 5.91 Å². The van der Waals surface area contributed by atoms with Crippen molar-refractivity contribution in [3.8, 4) is 17.0 Å². The Morgan fingerprint density at radius 3 is 2.57 bits per heavy atom. The molecule has 2 aliphatic rings. The highest BCUT2D eigenvalue weighted by molar-refractivity contribution is 6.05. The number of nitrogens with zero attached hydrogens (tertiary/aromatic N) is 4. The van der Waals surface area contributed by atoms with Gasteiger partial charge in [0.1, 0.15) is 11.6 Å². The van der Waals surface area contributed by atoms with Crippen LogP contribution in [0.4, 0.5) is 11.5 Å². The highest BCUT2D eigenvalue weighted by Crippen LogP contribution is 2.33. The minimum Gasteiger partial charge on any atom is -0.495 e. The summed E-state index contributed by atoms with van der Waals surface area (Å²) in [6, 6.07) is 12.9. The lowest BCUT2D eigenvalue weighted by Crippen LogP contribution is -2.37. The Hall–Kier alpha value is -3.71. The fraction of sp³-hybridized carbons (Fsp3) is 0.321. The molecule has 4 heterocycles. The number of aromatic nitrogens is 2. The Labute approximate surface area is 206 Å². The lowest BCUT2D eigenvalue weighted by molar-refractivity contribution is 0.0965. The third-order valence-electron chi connectivity index (χ3n) is 6.86. The molecule has 7 nitrogen and oxygen atoms in total. The van der Waals surface area contributed by atoms with Crippen LogP contribution in [0.5, 0.6) is 5.75 Å². The van der Waals surface area contributed by atoms with Crippen molar-refractivity contribution in [2.45, 2.75) is 38.6 Å². The minimum absolute atomic E-state index is 0.304. The molecule has 0 saturated carbocycles. The number of hydrogen-bond donors (Lipinski definition) is 1. The minimum atomic E-state index is -0.304. The topological polar surface area (TPSA) is 81.4 Å². The summed E-state index contributed by atoms with van der Waals surface area (Å²) in [5.41, 5.74) is 4.99. The number of likely N-dealkylation sites (tertiary alicyclic amines) is 1. The van der Waals surface area contributed by atoms with Gasteiger partial charge in [0, 0.05) is 29.7 Å². The van der Waals surface area contributed by atoms with E-state index in [1.165, 1.54) is 24.6 Å². The van der Waals surface area contributed by atoms with E-state index in [0.29, 0.717) is 34.8 Å². The van der Waals surface area contributed by atoms with E-state index in [9.17, 15) is 4.79 Å². The number of amides is 1. The number of carbonyl (C=O) groups excluding carboxylic acids is 1. The smallest absolute Gasteiger partial charge is 0.281 e. The standard InChI is InChI=1S/C28H30N5O2/c1-18(2)33-12-9-20(10-13-33)19-4-6-23(7-5-19)31-27-26-21(8-11-30-28(26)34)15-25(32-27)22-14-24(35-3)17-29-16-22/h4-8,11,14-18,20H,9-10,12-13H2,1-3H3,(H,31,32). The fourth-order valence-electron chi connectivity index (χ4n) is 4.80. The first-order valence-electron chi connectivity index (χ1n) is 12.1. The van der Waals surface area contributed by atoms with E-state index in [4.69, 9.17) is 9.72 Å². The first kappa shape index (κ1) is 23.1. The zero-order chi connectivity index (χ0) is 24.4. The molecule has 1 aromatic carbocycles. The largest absolute Gasteiger partial charge is 0.495 e. The van der Waals surface area contributed by atoms with Crippen LogP contribution in [-0.4, -0.2) is 47.0 Å². The van der Waals surface area contributed by atoms with Gasteiger partial charge < -0.3 is 15.0 Å². The Bertz CT molecular complexity index is 1240. The van der Waals surface area contributed by atoms with Crippen molar-refractivity contribution in [1.82, 2.24) is 20.2 Å². The van der Waals surface area contributed by atoms with Gasteiger partial charge in [-0.2, -0.15) is 0 Å². The van der Waals surface area contributed by atoms with Gasteiger partial charge in [0.25, 0.3) is 5.91 Å². The Morgan fingerprint density at radius 2 is 1.86 bits per heavy atom. The molecule has 0 atom stereocenters. The number of piperidine rings is 1. The van der Waals surface area contributed by atoms with Gasteiger partial charge in [0.2, 0.25) is 0 Å². The summed E-state index contributed by atoms with van der Waals surface area (Å²) in [7, 11) is 1.61. The predicted octanol–water partition coefficient (Wildman–Crippen LogP) is 5.21. The van der Waals surface area contributed by atoms with Gasteiger partial charge in [-0.25, -0.2) is 10.3 Å².